The van der Waals surface area contributed by atoms with Crippen LogP contribution in [0.4, 0.5) is 0 Å². The van der Waals surface area contributed by atoms with Gasteiger partial charge in [-0.25, -0.2) is 8.42 Å². The fraction of sp³-hybridized carbons (Fsp3) is 0.308. The van der Waals surface area contributed by atoms with E-state index >= 15 is 0 Å². The lowest BCUT2D eigenvalue weighted by atomic mass is 10.1. The van der Waals surface area contributed by atoms with Crippen LogP contribution in [0.3, 0.4) is 0 Å². The Labute approximate surface area is 203 Å². The Balaban J connectivity index is 1.49. The third kappa shape index (κ3) is 5.01. The summed E-state index contributed by atoms with van der Waals surface area (Å²) in [5.41, 5.74) is 3.29. The molecule has 3 heterocycles. The van der Waals surface area contributed by atoms with Gasteiger partial charge in [-0.15, -0.1) is 0 Å². The van der Waals surface area contributed by atoms with Crippen LogP contribution in [0.15, 0.2) is 63.9 Å². The molecule has 2 aromatic carbocycles. The molecular weight excluding hydrogens is 466 g/mol. The number of ether oxygens (including phenoxy) is 1. The predicted molar refractivity (Wildman–Crippen MR) is 132 cm³/mol. The standard InChI is InChI=1S/C26H27N3O5S/c1-17-12-23(26(30)27-21-8-10-33-11-9-21)28-29(17)16-20-14-22(35(2,31)32)13-19-15-24(34-25(19)20)18-6-4-3-5-7-18/h3-7,12-15,21H,8-11,16H2,1-2H3,(H,27,30). The topological polar surface area (TPSA) is 103 Å². The summed E-state index contributed by atoms with van der Waals surface area (Å²) < 4.78 is 38.0. The first-order valence-corrected chi connectivity index (χ1v) is 13.4. The highest BCUT2D eigenvalue weighted by Gasteiger charge is 2.21. The molecule has 4 aromatic rings. The van der Waals surface area contributed by atoms with Gasteiger partial charge in [-0.3, -0.25) is 9.48 Å². The van der Waals surface area contributed by atoms with Crippen molar-refractivity contribution in [3.05, 3.63) is 71.5 Å². The number of amides is 1. The lowest BCUT2D eigenvalue weighted by Gasteiger charge is -2.22. The van der Waals surface area contributed by atoms with Crippen molar-refractivity contribution in [2.75, 3.05) is 19.5 Å². The van der Waals surface area contributed by atoms with Crippen LogP contribution >= 0.6 is 0 Å². The first kappa shape index (κ1) is 23.3. The van der Waals surface area contributed by atoms with Crippen LogP contribution in [-0.2, 0) is 21.1 Å². The van der Waals surface area contributed by atoms with Gasteiger partial charge in [0, 0.05) is 47.7 Å². The molecule has 0 aliphatic carbocycles. The van der Waals surface area contributed by atoms with Crippen LogP contribution in [0.25, 0.3) is 22.3 Å². The normalized spacial score (nSPS) is 14.9. The van der Waals surface area contributed by atoms with E-state index in [2.05, 4.69) is 10.4 Å². The molecule has 0 spiro atoms. The number of sulfone groups is 1. The minimum absolute atomic E-state index is 0.0762. The highest BCUT2D eigenvalue weighted by Crippen LogP contribution is 2.32. The number of benzene rings is 2. The van der Waals surface area contributed by atoms with Crippen LogP contribution in [0.1, 0.15) is 34.6 Å². The Kier molecular flexibility index (Phi) is 6.21. The second-order valence-electron chi connectivity index (χ2n) is 8.94. The lowest BCUT2D eigenvalue weighted by Crippen LogP contribution is -2.39. The third-order valence-corrected chi connectivity index (χ3v) is 7.34. The van der Waals surface area contributed by atoms with Crippen molar-refractivity contribution in [2.45, 2.75) is 37.2 Å². The van der Waals surface area contributed by atoms with E-state index in [0.29, 0.717) is 41.2 Å². The van der Waals surface area contributed by atoms with Crippen molar-refractivity contribution in [3.8, 4) is 11.3 Å². The Morgan fingerprint density at radius 1 is 1.11 bits per heavy atom. The zero-order chi connectivity index (χ0) is 24.6. The zero-order valence-corrected chi connectivity index (χ0v) is 20.5. The van der Waals surface area contributed by atoms with E-state index in [9.17, 15) is 13.2 Å². The molecule has 0 saturated carbocycles. The van der Waals surface area contributed by atoms with E-state index < -0.39 is 9.84 Å². The smallest absolute Gasteiger partial charge is 0.272 e. The van der Waals surface area contributed by atoms with Crippen LogP contribution in [0.2, 0.25) is 0 Å². The maximum atomic E-state index is 12.8. The molecule has 1 amide bonds. The molecule has 5 rings (SSSR count). The molecule has 1 N–H and O–H groups in total. The molecule has 0 unspecified atom stereocenters. The van der Waals surface area contributed by atoms with Gasteiger partial charge in [-0.1, -0.05) is 30.3 Å². The van der Waals surface area contributed by atoms with Crippen molar-refractivity contribution in [1.29, 1.82) is 0 Å². The zero-order valence-electron chi connectivity index (χ0n) is 19.7. The van der Waals surface area contributed by atoms with E-state index in [0.717, 1.165) is 24.1 Å². The number of hydrogen-bond donors (Lipinski definition) is 1. The van der Waals surface area contributed by atoms with Crippen LogP contribution in [0, 0.1) is 6.92 Å². The Morgan fingerprint density at radius 2 is 1.86 bits per heavy atom. The van der Waals surface area contributed by atoms with Gasteiger partial charge in [0.2, 0.25) is 0 Å². The maximum absolute atomic E-state index is 12.8. The van der Waals surface area contributed by atoms with E-state index in [4.69, 9.17) is 9.15 Å². The summed E-state index contributed by atoms with van der Waals surface area (Å²) in [5.74, 6) is 0.430. The van der Waals surface area contributed by atoms with Crippen LogP contribution < -0.4 is 5.32 Å². The number of hydrogen-bond acceptors (Lipinski definition) is 6. The molecule has 0 bridgehead atoms. The Hall–Kier alpha value is -3.43. The van der Waals surface area contributed by atoms with Gasteiger partial charge >= 0.3 is 0 Å². The molecular formula is C26H27N3O5S. The number of carbonyl (C=O) groups excluding carboxylic acids is 1. The predicted octanol–water partition coefficient (Wildman–Crippen LogP) is 3.97. The minimum atomic E-state index is -3.44. The van der Waals surface area contributed by atoms with Gasteiger partial charge in [0.05, 0.1) is 11.4 Å². The molecule has 8 nitrogen and oxygen atoms in total. The molecule has 1 aliphatic rings. The molecule has 2 aromatic heterocycles. The fourth-order valence-electron chi connectivity index (χ4n) is 4.32. The second kappa shape index (κ2) is 9.31. The van der Waals surface area contributed by atoms with Gasteiger partial charge in [0.15, 0.2) is 9.84 Å². The molecule has 35 heavy (non-hydrogen) atoms. The van der Waals surface area contributed by atoms with Crippen LogP contribution in [0.5, 0.6) is 0 Å². The summed E-state index contributed by atoms with van der Waals surface area (Å²) >= 11 is 0. The average Bonchev–Trinajstić information content (AvgIpc) is 3.44. The van der Waals surface area contributed by atoms with Gasteiger partial charge in [-0.2, -0.15) is 5.10 Å². The van der Waals surface area contributed by atoms with Gasteiger partial charge in [-0.05, 0) is 44.0 Å². The van der Waals surface area contributed by atoms with E-state index in [1.54, 1.807) is 22.9 Å². The van der Waals surface area contributed by atoms with Gasteiger partial charge in [0.1, 0.15) is 17.0 Å². The Bertz CT molecular complexity index is 1480. The van der Waals surface area contributed by atoms with Gasteiger partial charge in [0.25, 0.3) is 5.91 Å². The van der Waals surface area contributed by atoms with Crippen molar-refractivity contribution in [1.82, 2.24) is 15.1 Å². The van der Waals surface area contributed by atoms with E-state index in [1.807, 2.05) is 43.3 Å². The fourth-order valence-corrected chi connectivity index (χ4v) is 5.01. The third-order valence-electron chi connectivity index (χ3n) is 6.24. The molecule has 0 atom stereocenters. The SMILES string of the molecule is Cc1cc(C(=O)NC2CCOCC2)nn1Cc1cc(S(C)(=O)=O)cc2cc(-c3ccccc3)oc12. The highest BCUT2D eigenvalue weighted by atomic mass is 32.2. The first-order chi connectivity index (χ1) is 16.8. The summed E-state index contributed by atoms with van der Waals surface area (Å²) in [6.07, 6.45) is 2.75. The number of furan rings is 1. The van der Waals surface area contributed by atoms with Crippen molar-refractivity contribution in [2.24, 2.45) is 0 Å². The number of aromatic nitrogens is 2. The molecule has 1 fully saturated rings. The van der Waals surface area contributed by atoms with E-state index in [1.165, 1.54) is 6.26 Å². The summed E-state index contributed by atoms with van der Waals surface area (Å²) in [4.78, 5) is 13.0. The summed E-state index contributed by atoms with van der Waals surface area (Å²) in [5, 5.41) is 8.24. The lowest BCUT2D eigenvalue weighted by molar-refractivity contribution is 0.0694. The van der Waals surface area contributed by atoms with E-state index in [-0.39, 0.29) is 23.4 Å². The number of nitrogens with one attached hydrogen (secondary N) is 1. The molecule has 1 aliphatic heterocycles. The minimum Gasteiger partial charge on any atom is -0.456 e. The molecule has 182 valence electrons. The quantitative estimate of drug-likeness (QED) is 0.436. The number of aryl methyl sites for hydroxylation is 1. The largest absolute Gasteiger partial charge is 0.456 e. The monoisotopic (exact) mass is 493 g/mol. The number of rotatable bonds is 6. The number of carbonyl (C=O) groups is 1. The van der Waals surface area contributed by atoms with Crippen molar-refractivity contribution in [3.63, 3.8) is 0 Å². The summed E-state index contributed by atoms with van der Waals surface area (Å²) in [6.45, 7) is 3.41. The number of fused-ring (bicyclic) bond motifs is 1. The molecule has 1 saturated heterocycles. The molecule has 9 heteroatoms. The van der Waals surface area contributed by atoms with Crippen molar-refractivity contribution < 1.29 is 22.4 Å². The second-order valence-corrected chi connectivity index (χ2v) is 11.0. The van der Waals surface area contributed by atoms with Crippen LogP contribution in [-0.4, -0.2) is 49.6 Å². The summed E-state index contributed by atoms with van der Waals surface area (Å²) in [7, 11) is -3.44. The Morgan fingerprint density at radius 3 is 2.57 bits per heavy atom. The molecule has 0 radical (unpaired) electrons. The highest BCUT2D eigenvalue weighted by molar-refractivity contribution is 7.90. The first-order valence-electron chi connectivity index (χ1n) is 11.5. The average molecular weight is 494 g/mol. The maximum Gasteiger partial charge on any atom is 0.272 e. The van der Waals surface area contributed by atoms with Crippen molar-refractivity contribution >= 4 is 26.7 Å². The summed E-state index contributed by atoms with van der Waals surface area (Å²) in [6, 6.07) is 16.6. The van der Waals surface area contributed by atoms with Gasteiger partial charge < -0.3 is 14.5 Å². The number of nitrogens with zero attached hydrogens (tertiary/aromatic N) is 2.